The van der Waals surface area contributed by atoms with Crippen LogP contribution in [-0.2, 0) is 6.54 Å². The molecule has 11 heteroatoms. The van der Waals surface area contributed by atoms with E-state index >= 15 is 0 Å². The second kappa shape index (κ2) is 7.90. The average molecular weight is 424 g/mol. The van der Waals surface area contributed by atoms with E-state index in [1.165, 1.54) is 17.5 Å². The maximum Gasteiger partial charge on any atom is 0.410 e. The Morgan fingerprint density at radius 3 is 2.97 bits per heavy atom. The van der Waals surface area contributed by atoms with Crippen LogP contribution in [0.15, 0.2) is 42.4 Å². The molecule has 29 heavy (non-hydrogen) atoms. The van der Waals surface area contributed by atoms with Crippen LogP contribution < -0.4 is 10.6 Å². The average Bonchev–Trinajstić information content (AvgIpc) is 3.45. The molecule has 0 unspecified atom stereocenters. The Balaban J connectivity index is 1.49. The van der Waals surface area contributed by atoms with E-state index in [9.17, 15) is 18.0 Å². The molecule has 2 N–H and O–H groups in total. The maximum absolute atomic E-state index is 13.6. The summed E-state index contributed by atoms with van der Waals surface area (Å²) in [6.07, 6.45) is 2.40. The topological polar surface area (TPSA) is 76.8 Å². The zero-order valence-electron chi connectivity index (χ0n) is 15.3. The molecule has 3 aromatic rings. The Kier molecular flexibility index (Phi) is 5.31. The fourth-order valence-electron chi connectivity index (χ4n) is 3.38. The van der Waals surface area contributed by atoms with Crippen LogP contribution in [0.3, 0.4) is 0 Å². The number of rotatable bonds is 6. The van der Waals surface area contributed by atoms with E-state index in [0.29, 0.717) is 19.5 Å². The molecule has 3 aromatic heterocycles. The first-order valence-corrected chi connectivity index (χ1v) is 9.99. The smallest absolute Gasteiger partial charge is 0.362 e. The van der Waals surface area contributed by atoms with Gasteiger partial charge in [-0.05, 0) is 17.9 Å². The SMILES string of the molecule is O=C(NCCCn1ccnc1)c1cnn2c1N[C@H](c1cccs1)C[C@@H]2C(F)(F)F. The number of anilines is 1. The molecule has 154 valence electrons. The van der Waals surface area contributed by atoms with Crippen molar-refractivity contribution in [2.45, 2.75) is 37.6 Å². The van der Waals surface area contributed by atoms with E-state index in [0.717, 1.165) is 9.56 Å². The Labute approximate surface area is 168 Å². The number of carbonyl (C=O) groups excluding carboxylic acids is 1. The molecule has 1 aliphatic heterocycles. The van der Waals surface area contributed by atoms with Gasteiger partial charge in [-0.25, -0.2) is 9.67 Å². The van der Waals surface area contributed by atoms with Gasteiger partial charge in [0.15, 0.2) is 6.04 Å². The molecule has 0 radical (unpaired) electrons. The van der Waals surface area contributed by atoms with Gasteiger partial charge in [0, 0.05) is 36.8 Å². The van der Waals surface area contributed by atoms with Crippen molar-refractivity contribution in [3.63, 3.8) is 0 Å². The third kappa shape index (κ3) is 4.14. The molecule has 1 amide bonds. The number of aromatic nitrogens is 4. The van der Waals surface area contributed by atoms with E-state index in [2.05, 4.69) is 20.7 Å². The number of nitrogens with zero attached hydrogens (tertiary/aromatic N) is 4. The van der Waals surface area contributed by atoms with Crippen molar-refractivity contribution in [1.82, 2.24) is 24.6 Å². The summed E-state index contributed by atoms with van der Waals surface area (Å²) in [7, 11) is 0. The van der Waals surface area contributed by atoms with Crippen molar-refractivity contribution in [3.8, 4) is 0 Å². The summed E-state index contributed by atoms with van der Waals surface area (Å²) in [4.78, 5) is 17.3. The number of nitrogens with one attached hydrogen (secondary N) is 2. The van der Waals surface area contributed by atoms with Gasteiger partial charge in [0.25, 0.3) is 5.91 Å². The van der Waals surface area contributed by atoms with E-state index in [1.807, 2.05) is 16.1 Å². The van der Waals surface area contributed by atoms with Crippen LogP contribution in [0.5, 0.6) is 0 Å². The van der Waals surface area contributed by atoms with Crippen LogP contribution in [0, 0.1) is 0 Å². The number of amides is 1. The minimum absolute atomic E-state index is 0.101. The number of thiophene rings is 1. The first kappa shape index (κ1) is 19.5. The molecule has 0 aromatic carbocycles. The standard InChI is InChI=1S/C18H19F3N6OS/c19-18(20,21)15-9-13(14-3-1-8-29-14)25-16-12(10-24-27(15)16)17(28)23-4-2-6-26-7-5-22-11-26/h1,3,5,7-8,10-11,13,15,25H,2,4,6,9H2,(H,23,28)/t13-,15+/m0/s1. The third-order valence-corrected chi connectivity index (χ3v) is 5.79. The van der Waals surface area contributed by atoms with Crippen molar-refractivity contribution >= 4 is 23.1 Å². The van der Waals surface area contributed by atoms with Gasteiger partial charge in [-0.1, -0.05) is 6.07 Å². The molecule has 4 heterocycles. The van der Waals surface area contributed by atoms with Crippen molar-refractivity contribution in [2.75, 3.05) is 11.9 Å². The van der Waals surface area contributed by atoms with E-state index in [-0.39, 0.29) is 17.8 Å². The van der Waals surface area contributed by atoms with Crippen molar-refractivity contribution in [1.29, 1.82) is 0 Å². The first-order chi connectivity index (χ1) is 13.9. The summed E-state index contributed by atoms with van der Waals surface area (Å²) in [5, 5.41) is 11.5. The molecular formula is C18H19F3N6OS. The number of hydrogen-bond acceptors (Lipinski definition) is 5. The number of aryl methyl sites for hydroxylation is 1. The lowest BCUT2D eigenvalue weighted by Crippen LogP contribution is -2.36. The summed E-state index contributed by atoms with van der Waals surface area (Å²) in [5.41, 5.74) is 0.114. The van der Waals surface area contributed by atoms with Crippen LogP contribution >= 0.6 is 11.3 Å². The molecule has 0 saturated heterocycles. The van der Waals surface area contributed by atoms with Crippen LogP contribution in [0.25, 0.3) is 0 Å². The molecule has 4 rings (SSSR count). The predicted molar refractivity (Wildman–Crippen MR) is 102 cm³/mol. The number of imidazole rings is 1. The molecule has 0 aliphatic carbocycles. The normalized spacial score (nSPS) is 18.9. The Hall–Kier alpha value is -2.82. The van der Waals surface area contributed by atoms with Crippen molar-refractivity contribution in [2.24, 2.45) is 0 Å². The third-order valence-electron chi connectivity index (χ3n) is 4.81. The van der Waals surface area contributed by atoms with Gasteiger partial charge in [0.1, 0.15) is 11.4 Å². The summed E-state index contributed by atoms with van der Waals surface area (Å²) in [6.45, 7) is 1.07. The summed E-state index contributed by atoms with van der Waals surface area (Å²) < 4.78 is 43.7. The van der Waals surface area contributed by atoms with E-state index < -0.39 is 24.2 Å². The highest BCUT2D eigenvalue weighted by atomic mass is 32.1. The second-order valence-corrected chi connectivity index (χ2v) is 7.75. The predicted octanol–water partition coefficient (Wildman–Crippen LogP) is 3.62. The van der Waals surface area contributed by atoms with Gasteiger partial charge in [0.05, 0.1) is 18.6 Å². The lowest BCUT2D eigenvalue weighted by Gasteiger charge is -2.33. The minimum Gasteiger partial charge on any atom is -0.362 e. The quantitative estimate of drug-likeness (QED) is 0.593. The van der Waals surface area contributed by atoms with Crippen LogP contribution in [0.2, 0.25) is 0 Å². The zero-order valence-corrected chi connectivity index (χ0v) is 16.1. The summed E-state index contributed by atoms with van der Waals surface area (Å²) in [5.74, 6) is -0.346. The van der Waals surface area contributed by atoms with Gasteiger partial charge in [-0.2, -0.15) is 18.3 Å². The summed E-state index contributed by atoms with van der Waals surface area (Å²) >= 11 is 1.38. The Bertz CT molecular complexity index is 951. The number of alkyl halides is 3. The fraction of sp³-hybridized carbons (Fsp3) is 0.389. The number of halogens is 3. The monoisotopic (exact) mass is 424 g/mol. The largest absolute Gasteiger partial charge is 0.410 e. The molecule has 0 bridgehead atoms. The fourth-order valence-corrected chi connectivity index (χ4v) is 4.17. The molecule has 0 saturated carbocycles. The van der Waals surface area contributed by atoms with Gasteiger partial charge < -0.3 is 15.2 Å². The van der Waals surface area contributed by atoms with Gasteiger partial charge in [0.2, 0.25) is 0 Å². The highest BCUT2D eigenvalue weighted by Gasteiger charge is 2.47. The van der Waals surface area contributed by atoms with Gasteiger partial charge >= 0.3 is 6.18 Å². The molecule has 0 spiro atoms. The van der Waals surface area contributed by atoms with Crippen molar-refractivity contribution in [3.05, 3.63) is 52.9 Å². The maximum atomic E-state index is 13.6. The number of carbonyl (C=O) groups is 1. The van der Waals surface area contributed by atoms with Crippen LogP contribution in [-0.4, -0.2) is 38.0 Å². The lowest BCUT2D eigenvalue weighted by atomic mass is 10.0. The Morgan fingerprint density at radius 2 is 2.28 bits per heavy atom. The highest BCUT2D eigenvalue weighted by Crippen LogP contribution is 2.44. The molecule has 0 fully saturated rings. The number of hydrogen-bond donors (Lipinski definition) is 2. The van der Waals surface area contributed by atoms with Gasteiger partial charge in [-0.3, -0.25) is 4.79 Å². The molecule has 1 aliphatic rings. The number of fused-ring (bicyclic) bond motifs is 1. The summed E-state index contributed by atoms with van der Waals surface area (Å²) in [6, 6.07) is 1.27. The first-order valence-electron chi connectivity index (χ1n) is 9.11. The van der Waals surface area contributed by atoms with E-state index in [1.54, 1.807) is 24.7 Å². The lowest BCUT2D eigenvalue weighted by molar-refractivity contribution is -0.173. The molecule has 2 atom stereocenters. The van der Waals surface area contributed by atoms with Crippen molar-refractivity contribution < 1.29 is 18.0 Å². The van der Waals surface area contributed by atoms with E-state index in [4.69, 9.17) is 0 Å². The molecular weight excluding hydrogens is 405 g/mol. The second-order valence-electron chi connectivity index (χ2n) is 6.77. The zero-order chi connectivity index (χ0) is 20.4. The highest BCUT2D eigenvalue weighted by molar-refractivity contribution is 7.10. The van der Waals surface area contributed by atoms with Gasteiger partial charge in [-0.15, -0.1) is 11.3 Å². The van der Waals surface area contributed by atoms with Crippen LogP contribution in [0.4, 0.5) is 19.0 Å². The van der Waals surface area contributed by atoms with Crippen LogP contribution in [0.1, 0.15) is 40.2 Å². The Morgan fingerprint density at radius 1 is 1.41 bits per heavy atom. The molecule has 7 nitrogen and oxygen atoms in total. The minimum atomic E-state index is -4.46.